The van der Waals surface area contributed by atoms with Crippen molar-refractivity contribution in [3.63, 3.8) is 0 Å². The second kappa shape index (κ2) is 8.81. The molecular weight excluding hydrogens is 365 g/mol. The Labute approximate surface area is 151 Å². The van der Waals surface area contributed by atoms with Gasteiger partial charge in [-0.05, 0) is 18.2 Å². The Bertz CT molecular complexity index is 860. The number of thioether (sulfide) groups is 1. The number of rotatable bonds is 7. The number of amides is 1. The molecule has 0 unspecified atom stereocenters. The van der Waals surface area contributed by atoms with Crippen LogP contribution in [0.1, 0.15) is 5.56 Å². The lowest BCUT2D eigenvalue weighted by Gasteiger charge is -2.05. The molecule has 8 nitrogen and oxygen atoms in total. The van der Waals surface area contributed by atoms with Gasteiger partial charge in [0.2, 0.25) is 11.7 Å². The maximum Gasteiger partial charge on any atom is 0.315 e. The molecule has 136 valence electrons. The average Bonchev–Trinajstić information content (AvgIpc) is 2.62. The molecule has 1 amide bonds. The fourth-order valence-electron chi connectivity index (χ4n) is 1.90. The molecular formula is C16H14FN3O5S. The number of carbonyl (C=O) groups excluding carboxylic acids is 1. The number of hydrogen-bond donors (Lipinski definition) is 2. The Hall–Kier alpha value is -3.14. The maximum atomic E-state index is 13.5. The first-order valence-corrected chi connectivity index (χ1v) is 8.15. The summed E-state index contributed by atoms with van der Waals surface area (Å²) in [6.45, 7) is 0. The first-order chi connectivity index (χ1) is 12.4. The monoisotopic (exact) mass is 379 g/mol. The molecule has 10 heteroatoms. The van der Waals surface area contributed by atoms with Crippen LogP contribution < -0.4 is 10.2 Å². The number of nitrogens with one attached hydrogen (secondary N) is 1. The van der Waals surface area contributed by atoms with Crippen molar-refractivity contribution in [3.05, 3.63) is 57.9 Å². The van der Waals surface area contributed by atoms with Crippen molar-refractivity contribution in [2.24, 2.45) is 5.10 Å². The summed E-state index contributed by atoms with van der Waals surface area (Å²) in [5.74, 6) is -1.65. The molecule has 0 heterocycles. The van der Waals surface area contributed by atoms with Gasteiger partial charge in [-0.3, -0.25) is 14.9 Å². The Morgan fingerprint density at radius 3 is 2.85 bits per heavy atom. The van der Waals surface area contributed by atoms with Crippen molar-refractivity contribution in [1.82, 2.24) is 5.43 Å². The standard InChI is InChI=1S/C16H14FN3O5S/c1-25-13-7-10(6-12(16(13)22)20(23)24)8-18-19-15(21)9-26-14-5-3-2-4-11(14)17/h2-8,22H,9H2,1H3,(H,19,21)/b18-8-. The topological polar surface area (TPSA) is 114 Å². The maximum absolute atomic E-state index is 13.5. The zero-order chi connectivity index (χ0) is 19.1. The predicted octanol–water partition coefficient (Wildman–Crippen LogP) is 2.69. The molecule has 0 aliphatic rings. The first-order valence-electron chi connectivity index (χ1n) is 7.17. The number of phenolic OH excluding ortho intramolecular Hbond substituents is 1. The summed E-state index contributed by atoms with van der Waals surface area (Å²) in [5.41, 5.74) is 1.93. The van der Waals surface area contributed by atoms with Gasteiger partial charge in [0.1, 0.15) is 5.82 Å². The Morgan fingerprint density at radius 1 is 1.46 bits per heavy atom. The van der Waals surface area contributed by atoms with Crippen LogP contribution in [-0.2, 0) is 4.79 Å². The van der Waals surface area contributed by atoms with Gasteiger partial charge in [-0.2, -0.15) is 5.10 Å². The highest BCUT2D eigenvalue weighted by Crippen LogP contribution is 2.36. The van der Waals surface area contributed by atoms with Gasteiger partial charge in [-0.25, -0.2) is 9.82 Å². The number of aromatic hydroxyl groups is 1. The van der Waals surface area contributed by atoms with E-state index in [-0.39, 0.29) is 17.1 Å². The van der Waals surface area contributed by atoms with Gasteiger partial charge in [-0.15, -0.1) is 11.8 Å². The molecule has 2 aromatic carbocycles. The van der Waals surface area contributed by atoms with Gasteiger partial charge in [0.25, 0.3) is 0 Å². The lowest BCUT2D eigenvalue weighted by atomic mass is 10.2. The van der Waals surface area contributed by atoms with Gasteiger partial charge >= 0.3 is 5.69 Å². The molecule has 2 N–H and O–H groups in total. The zero-order valence-corrected chi connectivity index (χ0v) is 14.3. The van der Waals surface area contributed by atoms with Crippen LogP contribution in [0.4, 0.5) is 10.1 Å². The van der Waals surface area contributed by atoms with Crippen LogP contribution >= 0.6 is 11.8 Å². The number of nitrogens with zero attached hydrogens (tertiary/aromatic N) is 2. The van der Waals surface area contributed by atoms with Gasteiger partial charge in [-0.1, -0.05) is 12.1 Å². The second-order valence-electron chi connectivity index (χ2n) is 4.86. The molecule has 0 aliphatic carbocycles. The number of nitro groups is 1. The molecule has 0 fully saturated rings. The normalized spacial score (nSPS) is 10.7. The van der Waals surface area contributed by atoms with Gasteiger partial charge in [0.15, 0.2) is 5.75 Å². The minimum Gasteiger partial charge on any atom is -0.500 e. The lowest BCUT2D eigenvalue weighted by Crippen LogP contribution is -2.19. The largest absolute Gasteiger partial charge is 0.500 e. The van der Waals surface area contributed by atoms with E-state index >= 15 is 0 Å². The molecule has 2 rings (SSSR count). The quantitative estimate of drug-likeness (QED) is 0.331. The van der Waals surface area contributed by atoms with E-state index in [0.717, 1.165) is 17.8 Å². The molecule has 0 saturated heterocycles. The van der Waals surface area contributed by atoms with Crippen LogP contribution in [0.2, 0.25) is 0 Å². The number of methoxy groups -OCH3 is 1. The molecule has 0 saturated carbocycles. The Kier molecular flexibility index (Phi) is 6.50. The summed E-state index contributed by atoms with van der Waals surface area (Å²) < 4.78 is 18.3. The van der Waals surface area contributed by atoms with E-state index < -0.39 is 28.1 Å². The summed E-state index contributed by atoms with van der Waals surface area (Å²) >= 11 is 1.01. The smallest absolute Gasteiger partial charge is 0.315 e. The number of nitro benzene ring substituents is 1. The van der Waals surface area contributed by atoms with E-state index in [2.05, 4.69) is 10.5 Å². The van der Waals surface area contributed by atoms with Crippen LogP contribution in [0.3, 0.4) is 0 Å². The van der Waals surface area contributed by atoms with E-state index in [0.29, 0.717) is 4.90 Å². The first kappa shape index (κ1) is 19.2. The second-order valence-corrected chi connectivity index (χ2v) is 5.88. The molecule has 0 radical (unpaired) electrons. The summed E-state index contributed by atoms with van der Waals surface area (Å²) in [6, 6.07) is 8.47. The third-order valence-electron chi connectivity index (χ3n) is 3.09. The molecule has 26 heavy (non-hydrogen) atoms. The van der Waals surface area contributed by atoms with Gasteiger partial charge < -0.3 is 9.84 Å². The fourth-order valence-corrected chi connectivity index (χ4v) is 2.63. The van der Waals surface area contributed by atoms with Crippen molar-refractivity contribution < 1.29 is 24.0 Å². The average molecular weight is 379 g/mol. The fraction of sp³-hybridized carbons (Fsp3) is 0.125. The van der Waals surface area contributed by atoms with Gasteiger partial charge in [0.05, 0.1) is 24.0 Å². The Balaban J connectivity index is 1.99. The third-order valence-corrected chi connectivity index (χ3v) is 4.14. The highest BCUT2D eigenvalue weighted by molar-refractivity contribution is 8.00. The number of halogens is 1. The highest BCUT2D eigenvalue weighted by atomic mass is 32.2. The number of ether oxygens (including phenoxy) is 1. The molecule has 0 atom stereocenters. The summed E-state index contributed by atoms with van der Waals surface area (Å²) in [4.78, 5) is 22.2. The number of hydrazone groups is 1. The van der Waals surface area contributed by atoms with E-state index in [4.69, 9.17) is 4.74 Å². The highest BCUT2D eigenvalue weighted by Gasteiger charge is 2.19. The molecule has 0 bridgehead atoms. The summed E-state index contributed by atoms with van der Waals surface area (Å²) in [6.07, 6.45) is 1.17. The molecule has 0 spiro atoms. The van der Waals surface area contributed by atoms with E-state index in [1.54, 1.807) is 18.2 Å². The summed E-state index contributed by atoms with van der Waals surface area (Å²) in [7, 11) is 1.25. The lowest BCUT2D eigenvalue weighted by molar-refractivity contribution is -0.386. The van der Waals surface area contributed by atoms with Crippen molar-refractivity contribution >= 4 is 29.6 Å². The van der Waals surface area contributed by atoms with Crippen LogP contribution in [0.5, 0.6) is 11.5 Å². The number of benzene rings is 2. The SMILES string of the molecule is COc1cc(/C=N\NC(=O)CSc2ccccc2F)cc([N+](=O)[O-])c1O. The van der Waals surface area contributed by atoms with Crippen molar-refractivity contribution in [1.29, 1.82) is 0 Å². The van der Waals surface area contributed by atoms with E-state index in [9.17, 15) is 24.4 Å². The van der Waals surface area contributed by atoms with Gasteiger partial charge in [0, 0.05) is 16.5 Å². The molecule has 0 aliphatic heterocycles. The van der Waals surface area contributed by atoms with Crippen molar-refractivity contribution in [3.8, 4) is 11.5 Å². The zero-order valence-electron chi connectivity index (χ0n) is 13.5. The number of carbonyl (C=O) groups is 1. The Morgan fingerprint density at radius 2 is 2.19 bits per heavy atom. The number of hydrogen-bond acceptors (Lipinski definition) is 7. The van der Waals surface area contributed by atoms with E-state index in [1.165, 1.54) is 25.5 Å². The van der Waals surface area contributed by atoms with Crippen LogP contribution in [0.25, 0.3) is 0 Å². The minimum atomic E-state index is -0.765. The minimum absolute atomic E-state index is 0.0582. The molecule has 2 aromatic rings. The predicted molar refractivity (Wildman–Crippen MR) is 94.2 cm³/mol. The van der Waals surface area contributed by atoms with Crippen molar-refractivity contribution in [2.45, 2.75) is 4.90 Å². The molecule has 0 aromatic heterocycles. The van der Waals surface area contributed by atoms with Crippen molar-refractivity contribution in [2.75, 3.05) is 12.9 Å². The van der Waals surface area contributed by atoms with E-state index in [1.807, 2.05) is 0 Å². The van der Waals surface area contributed by atoms with Crippen LogP contribution in [0, 0.1) is 15.9 Å². The van der Waals surface area contributed by atoms with Crippen LogP contribution in [-0.4, -0.2) is 35.0 Å². The third kappa shape index (κ3) is 4.93. The summed E-state index contributed by atoms with van der Waals surface area (Å²) in [5, 5.41) is 24.3. The number of phenols is 1. The van der Waals surface area contributed by atoms with Crippen LogP contribution in [0.15, 0.2) is 46.4 Å².